The predicted molar refractivity (Wildman–Crippen MR) is 58.1 cm³/mol. The van der Waals surface area contributed by atoms with E-state index in [4.69, 9.17) is 5.73 Å². The van der Waals surface area contributed by atoms with Crippen LogP contribution >= 0.6 is 0 Å². The molecule has 3 N–H and O–H groups in total. The van der Waals surface area contributed by atoms with Gasteiger partial charge in [0.1, 0.15) is 12.1 Å². The van der Waals surface area contributed by atoms with Crippen LogP contribution in [0.2, 0.25) is 0 Å². The van der Waals surface area contributed by atoms with Crippen molar-refractivity contribution in [2.45, 2.75) is 20.3 Å². The third-order valence-corrected chi connectivity index (χ3v) is 2.12. The Morgan fingerprint density at radius 3 is 2.93 bits per heavy atom. The maximum atomic E-state index is 5.52. The highest BCUT2D eigenvalue weighted by atomic mass is 15.0. The van der Waals surface area contributed by atoms with Gasteiger partial charge in [-0.3, -0.25) is 0 Å². The van der Waals surface area contributed by atoms with Crippen LogP contribution in [-0.4, -0.2) is 23.1 Å². The molecule has 0 spiro atoms. The van der Waals surface area contributed by atoms with Crippen molar-refractivity contribution in [3.63, 3.8) is 0 Å². The van der Waals surface area contributed by atoms with Crippen molar-refractivity contribution in [3.8, 4) is 0 Å². The molecule has 14 heavy (non-hydrogen) atoms. The van der Waals surface area contributed by atoms with E-state index in [9.17, 15) is 0 Å². The molecule has 0 aliphatic rings. The number of nitrogens with two attached hydrogens (primary N) is 1. The van der Waals surface area contributed by atoms with Crippen LogP contribution in [-0.2, 0) is 6.42 Å². The van der Waals surface area contributed by atoms with Crippen molar-refractivity contribution in [3.05, 3.63) is 18.1 Å². The van der Waals surface area contributed by atoms with Gasteiger partial charge in [0, 0.05) is 18.3 Å². The van der Waals surface area contributed by atoms with Crippen molar-refractivity contribution in [2.24, 2.45) is 11.7 Å². The minimum absolute atomic E-state index is 0.468. The number of nitrogens with zero attached hydrogens (tertiary/aromatic N) is 2. The second-order valence-electron chi connectivity index (χ2n) is 3.47. The molecule has 0 aromatic carbocycles. The Bertz CT molecular complexity index is 275. The van der Waals surface area contributed by atoms with Gasteiger partial charge in [-0.15, -0.1) is 0 Å². The number of aromatic nitrogens is 2. The molecule has 0 aliphatic carbocycles. The van der Waals surface area contributed by atoms with E-state index in [0.29, 0.717) is 12.5 Å². The van der Waals surface area contributed by atoms with Gasteiger partial charge in [-0.05, 0) is 18.9 Å². The highest BCUT2D eigenvalue weighted by Gasteiger charge is 2.00. The zero-order valence-electron chi connectivity index (χ0n) is 8.83. The molecule has 4 heteroatoms. The van der Waals surface area contributed by atoms with E-state index in [1.165, 1.54) is 0 Å². The standard InChI is InChI=1S/C10H18N4/c1-3-9-4-10(14-7-13-9)12-6-8(2)5-11/h4,7-8H,3,5-6,11H2,1-2H3,(H,12,13,14). The maximum Gasteiger partial charge on any atom is 0.129 e. The first kappa shape index (κ1) is 10.9. The van der Waals surface area contributed by atoms with Crippen LogP contribution in [0.5, 0.6) is 0 Å². The summed E-state index contributed by atoms with van der Waals surface area (Å²) in [5, 5.41) is 3.24. The predicted octanol–water partition coefficient (Wildman–Crippen LogP) is 1.05. The Morgan fingerprint density at radius 1 is 1.50 bits per heavy atom. The highest BCUT2D eigenvalue weighted by molar-refractivity contribution is 5.34. The lowest BCUT2D eigenvalue weighted by atomic mass is 10.2. The molecular formula is C10H18N4. The first-order valence-corrected chi connectivity index (χ1v) is 5.01. The lowest BCUT2D eigenvalue weighted by Gasteiger charge is -2.10. The molecule has 0 bridgehead atoms. The lowest BCUT2D eigenvalue weighted by Crippen LogP contribution is -2.20. The largest absolute Gasteiger partial charge is 0.370 e. The highest BCUT2D eigenvalue weighted by Crippen LogP contribution is 2.05. The van der Waals surface area contributed by atoms with Crippen molar-refractivity contribution in [2.75, 3.05) is 18.4 Å². The smallest absolute Gasteiger partial charge is 0.129 e. The molecule has 0 saturated carbocycles. The van der Waals surface area contributed by atoms with Crippen LogP contribution in [0.3, 0.4) is 0 Å². The molecule has 1 atom stereocenters. The summed E-state index contributed by atoms with van der Waals surface area (Å²) >= 11 is 0. The van der Waals surface area contributed by atoms with Crippen LogP contribution in [0.15, 0.2) is 12.4 Å². The van der Waals surface area contributed by atoms with Gasteiger partial charge in [-0.1, -0.05) is 13.8 Å². The molecular weight excluding hydrogens is 176 g/mol. The van der Waals surface area contributed by atoms with Gasteiger partial charge in [0.25, 0.3) is 0 Å². The van der Waals surface area contributed by atoms with E-state index in [1.54, 1.807) is 6.33 Å². The Kier molecular flexibility index (Phi) is 4.32. The van der Waals surface area contributed by atoms with Crippen LogP contribution in [0.4, 0.5) is 5.82 Å². The number of rotatable bonds is 5. The van der Waals surface area contributed by atoms with Crippen molar-refractivity contribution < 1.29 is 0 Å². The molecule has 0 radical (unpaired) electrons. The normalized spacial score (nSPS) is 12.5. The average Bonchev–Trinajstić information content (AvgIpc) is 2.26. The van der Waals surface area contributed by atoms with Crippen LogP contribution in [0.25, 0.3) is 0 Å². The second-order valence-corrected chi connectivity index (χ2v) is 3.47. The van der Waals surface area contributed by atoms with Crippen molar-refractivity contribution in [1.29, 1.82) is 0 Å². The topological polar surface area (TPSA) is 63.8 Å². The monoisotopic (exact) mass is 194 g/mol. The fourth-order valence-electron chi connectivity index (χ4n) is 1.05. The first-order chi connectivity index (χ1) is 6.76. The van der Waals surface area contributed by atoms with E-state index in [0.717, 1.165) is 24.5 Å². The van der Waals surface area contributed by atoms with Gasteiger partial charge in [0.15, 0.2) is 0 Å². The third kappa shape index (κ3) is 3.30. The minimum atomic E-state index is 0.468. The zero-order chi connectivity index (χ0) is 10.4. The molecule has 1 aromatic rings. The van der Waals surface area contributed by atoms with E-state index >= 15 is 0 Å². The molecule has 1 unspecified atom stereocenters. The Labute approximate surface area is 85.0 Å². The summed E-state index contributed by atoms with van der Waals surface area (Å²) in [5.41, 5.74) is 6.58. The SMILES string of the molecule is CCc1cc(NCC(C)CN)ncn1. The molecule has 1 aromatic heterocycles. The lowest BCUT2D eigenvalue weighted by molar-refractivity contribution is 0.626. The van der Waals surface area contributed by atoms with Crippen LogP contribution in [0.1, 0.15) is 19.5 Å². The molecule has 0 amide bonds. The van der Waals surface area contributed by atoms with E-state index < -0.39 is 0 Å². The Hall–Kier alpha value is -1.16. The molecule has 0 aliphatic heterocycles. The summed E-state index contributed by atoms with van der Waals surface area (Å²) in [6, 6.07) is 1.98. The molecule has 0 saturated heterocycles. The van der Waals surface area contributed by atoms with Gasteiger partial charge in [0.2, 0.25) is 0 Å². The summed E-state index contributed by atoms with van der Waals surface area (Å²) in [7, 11) is 0. The molecule has 0 fully saturated rings. The summed E-state index contributed by atoms with van der Waals surface area (Å²) in [6.45, 7) is 5.74. The van der Waals surface area contributed by atoms with Gasteiger partial charge < -0.3 is 11.1 Å². The number of hydrogen-bond donors (Lipinski definition) is 2. The van der Waals surface area contributed by atoms with Gasteiger partial charge in [0.05, 0.1) is 0 Å². The summed E-state index contributed by atoms with van der Waals surface area (Å²) in [4.78, 5) is 8.26. The number of hydrogen-bond acceptors (Lipinski definition) is 4. The number of nitrogens with one attached hydrogen (secondary N) is 1. The molecule has 1 rings (SSSR count). The first-order valence-electron chi connectivity index (χ1n) is 5.01. The fourth-order valence-corrected chi connectivity index (χ4v) is 1.05. The number of anilines is 1. The Morgan fingerprint density at radius 2 is 2.29 bits per heavy atom. The fraction of sp³-hybridized carbons (Fsp3) is 0.600. The minimum Gasteiger partial charge on any atom is -0.370 e. The van der Waals surface area contributed by atoms with Crippen LogP contribution in [0, 0.1) is 5.92 Å². The third-order valence-electron chi connectivity index (χ3n) is 2.12. The quantitative estimate of drug-likeness (QED) is 0.735. The van der Waals surface area contributed by atoms with Crippen molar-refractivity contribution >= 4 is 5.82 Å². The van der Waals surface area contributed by atoms with Gasteiger partial charge >= 0.3 is 0 Å². The molecule has 78 valence electrons. The van der Waals surface area contributed by atoms with E-state index in [1.807, 2.05) is 6.07 Å². The van der Waals surface area contributed by atoms with Crippen LogP contribution < -0.4 is 11.1 Å². The second kappa shape index (κ2) is 5.54. The van der Waals surface area contributed by atoms with Gasteiger partial charge in [-0.2, -0.15) is 0 Å². The number of aryl methyl sites for hydroxylation is 1. The van der Waals surface area contributed by atoms with Gasteiger partial charge in [-0.25, -0.2) is 9.97 Å². The summed E-state index contributed by atoms with van der Waals surface area (Å²) in [5.74, 6) is 1.35. The van der Waals surface area contributed by atoms with E-state index in [2.05, 4.69) is 29.1 Å². The Balaban J connectivity index is 2.50. The van der Waals surface area contributed by atoms with E-state index in [-0.39, 0.29) is 0 Å². The molecule has 4 nitrogen and oxygen atoms in total. The zero-order valence-corrected chi connectivity index (χ0v) is 8.83. The average molecular weight is 194 g/mol. The molecule has 1 heterocycles. The summed E-state index contributed by atoms with van der Waals surface area (Å²) < 4.78 is 0. The van der Waals surface area contributed by atoms with Crippen molar-refractivity contribution in [1.82, 2.24) is 9.97 Å². The summed E-state index contributed by atoms with van der Waals surface area (Å²) in [6.07, 6.45) is 2.53. The maximum absolute atomic E-state index is 5.52.